The third-order valence-corrected chi connectivity index (χ3v) is 3.40. The summed E-state index contributed by atoms with van der Waals surface area (Å²) >= 11 is 0. The van der Waals surface area contributed by atoms with Gasteiger partial charge in [0.05, 0.1) is 11.0 Å². The molecular formula is C18H10N. The van der Waals surface area contributed by atoms with E-state index in [0.29, 0.717) is 0 Å². The summed E-state index contributed by atoms with van der Waals surface area (Å²) < 4.78 is 2.22. The quantitative estimate of drug-likeness (QED) is 0.470. The molecule has 1 heteroatoms. The molecule has 0 aliphatic rings. The van der Waals surface area contributed by atoms with Gasteiger partial charge in [-0.2, -0.15) is 0 Å². The van der Waals surface area contributed by atoms with Crippen LogP contribution in [0.2, 0.25) is 0 Å². The van der Waals surface area contributed by atoms with Crippen LogP contribution in [-0.2, 0) is 0 Å². The van der Waals surface area contributed by atoms with Crippen LogP contribution in [0, 0.1) is 18.2 Å². The fourth-order valence-corrected chi connectivity index (χ4v) is 2.58. The van der Waals surface area contributed by atoms with Gasteiger partial charge in [0.1, 0.15) is 0 Å². The monoisotopic (exact) mass is 240 g/mol. The third-order valence-electron chi connectivity index (χ3n) is 3.40. The summed E-state index contributed by atoms with van der Waals surface area (Å²) in [6.07, 6.45) is 0. The van der Waals surface area contributed by atoms with Crippen molar-refractivity contribution in [3.63, 3.8) is 0 Å². The number of benzene rings is 3. The Kier molecular flexibility index (Phi) is 2.18. The Balaban J connectivity index is 2.24. The summed E-state index contributed by atoms with van der Waals surface area (Å²) in [4.78, 5) is 0. The van der Waals surface area contributed by atoms with Gasteiger partial charge in [-0.25, -0.2) is 0 Å². The first-order valence-corrected chi connectivity index (χ1v) is 6.24. The highest BCUT2D eigenvalue weighted by molar-refractivity contribution is 6.08. The van der Waals surface area contributed by atoms with Crippen molar-refractivity contribution < 1.29 is 0 Å². The van der Waals surface area contributed by atoms with Gasteiger partial charge in [0, 0.05) is 28.6 Å². The van der Waals surface area contributed by atoms with Crippen LogP contribution >= 0.6 is 0 Å². The second-order valence-electron chi connectivity index (χ2n) is 4.49. The second kappa shape index (κ2) is 3.99. The molecule has 0 saturated carbocycles. The molecule has 0 amide bonds. The van der Waals surface area contributed by atoms with Gasteiger partial charge in [-0.05, 0) is 30.3 Å². The summed E-state index contributed by atoms with van der Waals surface area (Å²) in [5, 5.41) is 2.39. The molecule has 0 bridgehead atoms. The van der Waals surface area contributed by atoms with Crippen LogP contribution in [0.25, 0.3) is 27.5 Å². The van der Waals surface area contributed by atoms with Crippen LogP contribution in [-0.4, -0.2) is 4.57 Å². The van der Waals surface area contributed by atoms with Crippen molar-refractivity contribution in [2.24, 2.45) is 0 Å². The molecule has 1 aromatic heterocycles. The molecule has 87 valence electrons. The SMILES string of the molecule is [c]1[c]cc2c3ccccc3n(-c3ccccc3)c2[c]1. The van der Waals surface area contributed by atoms with E-state index in [1.54, 1.807) is 0 Å². The first-order chi connectivity index (χ1) is 9.45. The molecule has 0 N–H and O–H groups in total. The van der Waals surface area contributed by atoms with Crippen LogP contribution in [0.1, 0.15) is 0 Å². The largest absolute Gasteiger partial charge is 0.309 e. The van der Waals surface area contributed by atoms with Crippen molar-refractivity contribution in [2.75, 3.05) is 0 Å². The Bertz CT molecular complexity index is 803. The molecule has 0 fully saturated rings. The van der Waals surface area contributed by atoms with E-state index in [-0.39, 0.29) is 0 Å². The minimum atomic E-state index is 1.05. The number of para-hydroxylation sites is 2. The Morgan fingerprint density at radius 3 is 2.47 bits per heavy atom. The zero-order valence-corrected chi connectivity index (χ0v) is 10.2. The molecule has 19 heavy (non-hydrogen) atoms. The zero-order chi connectivity index (χ0) is 12.7. The number of aromatic nitrogens is 1. The van der Waals surface area contributed by atoms with Crippen molar-refractivity contribution in [3.8, 4) is 5.69 Å². The van der Waals surface area contributed by atoms with Gasteiger partial charge < -0.3 is 4.57 Å². The Hall–Kier alpha value is -2.54. The molecule has 0 aliphatic heterocycles. The molecule has 3 aromatic carbocycles. The maximum atomic E-state index is 3.19. The standard InChI is InChI=1S/C18H10N/c1-2-8-14(9-3-1)19-17-12-6-4-10-15(17)16-11-5-7-13-18(16)19/h1-4,6,8-12H. The lowest BCUT2D eigenvalue weighted by atomic mass is 10.2. The highest BCUT2D eigenvalue weighted by atomic mass is 15.0. The average Bonchev–Trinajstić information content (AvgIpc) is 2.83. The molecular weight excluding hydrogens is 230 g/mol. The van der Waals surface area contributed by atoms with Gasteiger partial charge in [-0.3, -0.25) is 0 Å². The molecule has 0 atom stereocenters. The molecule has 0 spiro atoms. The molecule has 0 saturated heterocycles. The summed E-state index contributed by atoms with van der Waals surface area (Å²) in [7, 11) is 0. The lowest BCUT2D eigenvalue weighted by Crippen LogP contribution is -1.92. The number of rotatable bonds is 1. The minimum Gasteiger partial charge on any atom is -0.309 e. The van der Waals surface area contributed by atoms with Gasteiger partial charge >= 0.3 is 0 Å². The fraction of sp³-hybridized carbons (Fsp3) is 0. The van der Waals surface area contributed by atoms with Crippen molar-refractivity contribution in [1.29, 1.82) is 0 Å². The van der Waals surface area contributed by atoms with E-state index in [9.17, 15) is 0 Å². The van der Waals surface area contributed by atoms with E-state index in [4.69, 9.17) is 0 Å². The van der Waals surface area contributed by atoms with Crippen LogP contribution in [0.5, 0.6) is 0 Å². The van der Waals surface area contributed by atoms with Crippen molar-refractivity contribution in [1.82, 2.24) is 4.57 Å². The van der Waals surface area contributed by atoms with E-state index < -0.39 is 0 Å². The van der Waals surface area contributed by atoms with Gasteiger partial charge in [-0.15, -0.1) is 0 Å². The number of nitrogens with zero attached hydrogens (tertiary/aromatic N) is 1. The molecule has 1 heterocycles. The topological polar surface area (TPSA) is 4.93 Å². The molecule has 0 aliphatic carbocycles. The Labute approximate surface area is 111 Å². The minimum absolute atomic E-state index is 1.05. The van der Waals surface area contributed by atoms with Gasteiger partial charge in [0.25, 0.3) is 0 Å². The van der Waals surface area contributed by atoms with Crippen LogP contribution in [0.4, 0.5) is 0 Å². The predicted octanol–water partition coefficient (Wildman–Crippen LogP) is 4.18. The van der Waals surface area contributed by atoms with Gasteiger partial charge in [-0.1, -0.05) is 36.4 Å². The Morgan fingerprint density at radius 1 is 0.789 bits per heavy atom. The predicted molar refractivity (Wildman–Crippen MR) is 77.3 cm³/mol. The molecule has 0 unspecified atom stereocenters. The average molecular weight is 240 g/mol. The smallest absolute Gasteiger partial charge is 0.0627 e. The van der Waals surface area contributed by atoms with E-state index in [1.165, 1.54) is 16.3 Å². The van der Waals surface area contributed by atoms with Crippen molar-refractivity contribution in [2.45, 2.75) is 0 Å². The van der Waals surface area contributed by atoms with E-state index in [1.807, 2.05) is 12.1 Å². The lowest BCUT2D eigenvalue weighted by molar-refractivity contribution is 1.18. The van der Waals surface area contributed by atoms with Crippen molar-refractivity contribution >= 4 is 21.8 Å². The van der Waals surface area contributed by atoms with E-state index in [0.717, 1.165) is 11.2 Å². The van der Waals surface area contributed by atoms with Crippen LogP contribution in [0.3, 0.4) is 0 Å². The van der Waals surface area contributed by atoms with Crippen LogP contribution in [0.15, 0.2) is 60.7 Å². The second-order valence-corrected chi connectivity index (χ2v) is 4.49. The van der Waals surface area contributed by atoms with Gasteiger partial charge in [0.15, 0.2) is 0 Å². The van der Waals surface area contributed by atoms with Gasteiger partial charge in [0.2, 0.25) is 0 Å². The number of fused-ring (bicyclic) bond motifs is 3. The Morgan fingerprint density at radius 2 is 1.58 bits per heavy atom. The summed E-state index contributed by atoms with van der Waals surface area (Å²) in [5.74, 6) is 0. The number of hydrogen-bond donors (Lipinski definition) is 0. The molecule has 1 nitrogen and oxygen atoms in total. The summed E-state index contributed by atoms with van der Waals surface area (Å²) in [6, 6.07) is 29.8. The molecule has 4 rings (SSSR count). The maximum absolute atomic E-state index is 3.19. The summed E-state index contributed by atoms with van der Waals surface area (Å²) in [6.45, 7) is 0. The van der Waals surface area contributed by atoms with Crippen LogP contribution < -0.4 is 0 Å². The fourth-order valence-electron chi connectivity index (χ4n) is 2.58. The molecule has 3 radical (unpaired) electrons. The van der Waals surface area contributed by atoms with Crippen molar-refractivity contribution in [3.05, 3.63) is 78.9 Å². The van der Waals surface area contributed by atoms with E-state index in [2.05, 4.69) is 71.3 Å². The zero-order valence-electron chi connectivity index (χ0n) is 10.2. The highest BCUT2D eigenvalue weighted by Crippen LogP contribution is 2.30. The maximum Gasteiger partial charge on any atom is 0.0627 e. The first-order valence-electron chi connectivity index (χ1n) is 6.24. The van der Waals surface area contributed by atoms with E-state index >= 15 is 0 Å². The highest BCUT2D eigenvalue weighted by Gasteiger charge is 2.10. The number of hydrogen-bond acceptors (Lipinski definition) is 0. The summed E-state index contributed by atoms with van der Waals surface area (Å²) in [5.41, 5.74) is 3.38. The normalized spacial score (nSPS) is 11.2. The third kappa shape index (κ3) is 1.48. The lowest BCUT2D eigenvalue weighted by Gasteiger charge is -2.06. The molecule has 4 aromatic rings. The first kappa shape index (κ1) is 10.4.